The zero-order valence-corrected chi connectivity index (χ0v) is 13.4. The number of aromatic amines is 1. The van der Waals surface area contributed by atoms with E-state index in [0.717, 1.165) is 24.2 Å². The van der Waals surface area contributed by atoms with Crippen molar-refractivity contribution in [3.05, 3.63) is 62.8 Å². The van der Waals surface area contributed by atoms with Crippen molar-refractivity contribution >= 4 is 11.8 Å². The second-order valence-electron chi connectivity index (χ2n) is 6.71. The van der Waals surface area contributed by atoms with Crippen molar-refractivity contribution in [1.29, 1.82) is 0 Å². The van der Waals surface area contributed by atoms with Crippen molar-refractivity contribution < 1.29 is 14.3 Å². The van der Waals surface area contributed by atoms with Crippen LogP contribution in [-0.4, -0.2) is 26.7 Å². The summed E-state index contributed by atoms with van der Waals surface area (Å²) in [7, 11) is 0. The molecule has 1 aromatic carbocycles. The summed E-state index contributed by atoms with van der Waals surface area (Å²) in [5.74, 6) is -0.427. The lowest BCUT2D eigenvalue weighted by Gasteiger charge is -2.37. The number of benzene rings is 1. The number of amides is 2. The molecule has 0 atom stereocenters. The maximum atomic E-state index is 12.5. The molecule has 1 saturated carbocycles. The largest absolute Gasteiger partial charge is 0.364 e. The van der Waals surface area contributed by atoms with E-state index < -0.39 is 5.60 Å². The fourth-order valence-corrected chi connectivity index (χ4v) is 3.92. The highest BCUT2D eigenvalue weighted by Gasteiger charge is 2.48. The van der Waals surface area contributed by atoms with Crippen LogP contribution in [0.15, 0.2) is 29.1 Å². The van der Waals surface area contributed by atoms with Crippen LogP contribution in [0.3, 0.4) is 0 Å². The lowest BCUT2D eigenvalue weighted by molar-refractivity contribution is -0.0952. The third kappa shape index (κ3) is 1.90. The summed E-state index contributed by atoms with van der Waals surface area (Å²) in [6.07, 6.45) is 2.71. The molecule has 7 nitrogen and oxygen atoms in total. The number of nitrogens with one attached hydrogen (secondary N) is 1. The molecule has 1 aromatic heterocycles. The molecule has 0 radical (unpaired) electrons. The van der Waals surface area contributed by atoms with Gasteiger partial charge < -0.3 is 9.72 Å². The predicted octanol–water partition coefficient (Wildman–Crippen LogP) is 1.48. The molecule has 25 heavy (non-hydrogen) atoms. The molecule has 0 saturated heterocycles. The Bertz CT molecular complexity index is 955. The molecule has 3 aliphatic rings. The Morgan fingerprint density at radius 1 is 1.12 bits per heavy atom. The van der Waals surface area contributed by atoms with Crippen molar-refractivity contribution in [2.75, 3.05) is 0 Å². The van der Waals surface area contributed by atoms with E-state index in [9.17, 15) is 14.4 Å². The molecule has 1 N–H and O–H groups in total. The summed E-state index contributed by atoms with van der Waals surface area (Å²) in [4.78, 5) is 45.7. The van der Waals surface area contributed by atoms with Gasteiger partial charge >= 0.3 is 0 Å². The maximum Gasteiger partial charge on any atom is 0.261 e. The van der Waals surface area contributed by atoms with Gasteiger partial charge in [0.2, 0.25) is 0 Å². The van der Waals surface area contributed by atoms with E-state index in [1.807, 2.05) is 0 Å². The van der Waals surface area contributed by atoms with Crippen LogP contribution in [0, 0.1) is 0 Å². The standard InChI is InChI=1S/C18H15N3O4/c22-15-14-12(9-25-18(14)6-3-7-18)19-13(20-15)8-21-16(23)10-4-1-2-5-11(10)17(21)24/h1-2,4-5H,3,6-9H2,(H,19,20,22). The van der Waals surface area contributed by atoms with Gasteiger partial charge in [0.05, 0.1) is 35.5 Å². The fourth-order valence-electron chi connectivity index (χ4n) is 3.92. The van der Waals surface area contributed by atoms with Crippen molar-refractivity contribution in [2.45, 2.75) is 38.0 Å². The van der Waals surface area contributed by atoms with Gasteiger partial charge in [0, 0.05) is 0 Å². The van der Waals surface area contributed by atoms with Gasteiger partial charge in [0.1, 0.15) is 11.4 Å². The molecule has 2 aliphatic heterocycles. The van der Waals surface area contributed by atoms with Crippen molar-refractivity contribution in [3.63, 3.8) is 0 Å². The van der Waals surface area contributed by atoms with Gasteiger partial charge in [-0.25, -0.2) is 4.98 Å². The number of H-pyrrole nitrogens is 1. The van der Waals surface area contributed by atoms with Gasteiger partial charge in [0.15, 0.2) is 0 Å². The Morgan fingerprint density at radius 3 is 2.40 bits per heavy atom. The molecule has 1 aliphatic carbocycles. The number of hydrogen-bond acceptors (Lipinski definition) is 5. The molecule has 7 heteroatoms. The van der Waals surface area contributed by atoms with E-state index in [2.05, 4.69) is 9.97 Å². The van der Waals surface area contributed by atoms with Crippen molar-refractivity contribution in [2.24, 2.45) is 0 Å². The highest BCUT2D eigenvalue weighted by atomic mass is 16.5. The summed E-state index contributed by atoms with van der Waals surface area (Å²) in [5.41, 5.74) is 1.30. The van der Waals surface area contributed by atoms with E-state index in [1.54, 1.807) is 24.3 Å². The van der Waals surface area contributed by atoms with Crippen LogP contribution in [0.1, 0.15) is 57.1 Å². The minimum atomic E-state index is -0.468. The number of rotatable bonds is 2. The summed E-state index contributed by atoms with van der Waals surface area (Å²) < 4.78 is 5.82. The SMILES string of the molecule is O=C1c2ccccc2C(=O)N1Cc1nc2c(c(=O)[nH]1)C1(CCC1)OC2. The van der Waals surface area contributed by atoms with Gasteiger partial charge in [0.25, 0.3) is 17.4 Å². The molecule has 2 aromatic rings. The molecule has 0 bridgehead atoms. The van der Waals surface area contributed by atoms with Crippen LogP contribution in [0.4, 0.5) is 0 Å². The Morgan fingerprint density at radius 2 is 1.80 bits per heavy atom. The number of carbonyl (C=O) groups excluding carboxylic acids is 2. The molecule has 126 valence electrons. The minimum absolute atomic E-state index is 0.0537. The number of aromatic nitrogens is 2. The van der Waals surface area contributed by atoms with Crippen LogP contribution < -0.4 is 5.56 Å². The predicted molar refractivity (Wildman–Crippen MR) is 85.8 cm³/mol. The number of ether oxygens (including phenoxy) is 1. The third-order valence-corrected chi connectivity index (χ3v) is 5.33. The van der Waals surface area contributed by atoms with E-state index in [-0.39, 0.29) is 23.9 Å². The van der Waals surface area contributed by atoms with Crippen LogP contribution in [-0.2, 0) is 23.5 Å². The number of carbonyl (C=O) groups is 2. The number of hydrogen-bond donors (Lipinski definition) is 1. The molecular formula is C18H15N3O4. The van der Waals surface area contributed by atoms with Crippen LogP contribution >= 0.6 is 0 Å². The number of fused-ring (bicyclic) bond motifs is 3. The Labute approximate surface area is 142 Å². The normalized spacial score (nSPS) is 19.9. The number of nitrogens with zero attached hydrogens (tertiary/aromatic N) is 2. The summed E-state index contributed by atoms with van der Waals surface area (Å²) in [5, 5.41) is 0. The fraction of sp³-hybridized carbons (Fsp3) is 0.333. The van der Waals surface area contributed by atoms with E-state index >= 15 is 0 Å². The minimum Gasteiger partial charge on any atom is -0.364 e. The second-order valence-corrected chi connectivity index (χ2v) is 6.71. The summed E-state index contributed by atoms with van der Waals surface area (Å²) in [6, 6.07) is 6.70. The van der Waals surface area contributed by atoms with Crippen LogP contribution in [0.5, 0.6) is 0 Å². The van der Waals surface area contributed by atoms with Gasteiger partial charge in [-0.3, -0.25) is 19.3 Å². The summed E-state index contributed by atoms with van der Waals surface area (Å²) in [6.45, 7) is 0.246. The monoisotopic (exact) mass is 337 g/mol. The average Bonchev–Trinajstić information content (AvgIpc) is 3.08. The van der Waals surface area contributed by atoms with Crippen molar-refractivity contribution in [1.82, 2.24) is 14.9 Å². The molecule has 5 rings (SSSR count). The highest BCUT2D eigenvalue weighted by molar-refractivity contribution is 6.21. The first-order chi connectivity index (χ1) is 12.1. The molecule has 2 amide bonds. The quantitative estimate of drug-likeness (QED) is 0.838. The lowest BCUT2D eigenvalue weighted by atomic mass is 9.76. The molecular weight excluding hydrogens is 322 g/mol. The maximum absolute atomic E-state index is 12.5. The Hall–Kier alpha value is -2.80. The highest BCUT2D eigenvalue weighted by Crippen LogP contribution is 2.48. The van der Waals surface area contributed by atoms with Crippen molar-refractivity contribution in [3.8, 4) is 0 Å². The molecule has 1 fully saturated rings. The lowest BCUT2D eigenvalue weighted by Crippen LogP contribution is -2.39. The smallest absolute Gasteiger partial charge is 0.261 e. The second kappa shape index (κ2) is 4.86. The van der Waals surface area contributed by atoms with Gasteiger partial charge in [-0.15, -0.1) is 0 Å². The zero-order valence-electron chi connectivity index (χ0n) is 13.4. The first-order valence-corrected chi connectivity index (χ1v) is 8.31. The van der Waals surface area contributed by atoms with E-state index in [1.165, 1.54) is 0 Å². The van der Waals surface area contributed by atoms with E-state index in [4.69, 9.17) is 4.74 Å². The molecule has 3 heterocycles. The van der Waals surface area contributed by atoms with Gasteiger partial charge in [-0.1, -0.05) is 12.1 Å². The average molecular weight is 337 g/mol. The zero-order chi connectivity index (χ0) is 17.2. The van der Waals surface area contributed by atoms with Gasteiger partial charge in [-0.2, -0.15) is 0 Å². The molecule has 0 unspecified atom stereocenters. The van der Waals surface area contributed by atoms with E-state index in [0.29, 0.717) is 34.8 Å². The first kappa shape index (κ1) is 14.5. The first-order valence-electron chi connectivity index (χ1n) is 8.31. The van der Waals surface area contributed by atoms with Crippen LogP contribution in [0.25, 0.3) is 0 Å². The third-order valence-electron chi connectivity index (χ3n) is 5.33. The van der Waals surface area contributed by atoms with Gasteiger partial charge in [-0.05, 0) is 31.4 Å². The topological polar surface area (TPSA) is 92.4 Å². The molecule has 1 spiro atoms. The number of imide groups is 1. The Balaban J connectivity index is 1.49. The Kier molecular flexibility index (Phi) is 2.82. The summed E-state index contributed by atoms with van der Waals surface area (Å²) >= 11 is 0. The van der Waals surface area contributed by atoms with Crippen LogP contribution in [0.2, 0.25) is 0 Å².